The average molecular weight is 252 g/mol. The van der Waals surface area contributed by atoms with Crippen molar-refractivity contribution in [2.75, 3.05) is 13.1 Å². The first kappa shape index (κ1) is 14.3. The molecule has 0 bridgehead atoms. The fourth-order valence-corrected chi connectivity index (χ4v) is 3.17. The minimum atomic E-state index is 0.765. The molecule has 1 N–H and O–H groups in total. The number of nitrogens with one attached hydrogen (secondary N) is 1. The highest BCUT2D eigenvalue weighted by molar-refractivity contribution is 4.90. The molecule has 1 saturated carbocycles. The van der Waals surface area contributed by atoms with Crippen LogP contribution in [0.4, 0.5) is 0 Å². The minimum absolute atomic E-state index is 0.765. The molecule has 0 aromatic rings. The Morgan fingerprint density at radius 3 is 2.39 bits per heavy atom. The van der Waals surface area contributed by atoms with Crippen molar-refractivity contribution in [2.45, 2.75) is 83.8 Å². The highest BCUT2D eigenvalue weighted by atomic mass is 15.2. The van der Waals surface area contributed by atoms with E-state index in [2.05, 4.69) is 31.0 Å². The number of hydrogen-bond donors (Lipinski definition) is 1. The van der Waals surface area contributed by atoms with Crippen molar-refractivity contribution in [3.05, 3.63) is 0 Å². The van der Waals surface area contributed by atoms with Crippen LogP contribution in [0.25, 0.3) is 0 Å². The maximum Gasteiger partial charge on any atom is 0.0195 e. The molecular formula is C16H32N2. The van der Waals surface area contributed by atoms with Crippen LogP contribution >= 0.6 is 0 Å². The van der Waals surface area contributed by atoms with Gasteiger partial charge in [-0.15, -0.1) is 0 Å². The first-order chi connectivity index (χ1) is 8.66. The molecule has 2 nitrogen and oxygen atoms in total. The van der Waals surface area contributed by atoms with Crippen LogP contribution in [-0.2, 0) is 0 Å². The molecular weight excluding hydrogens is 220 g/mol. The molecule has 0 amide bonds. The van der Waals surface area contributed by atoms with E-state index in [1.54, 1.807) is 0 Å². The van der Waals surface area contributed by atoms with E-state index in [1.807, 2.05) is 0 Å². The van der Waals surface area contributed by atoms with E-state index in [0.29, 0.717) is 0 Å². The number of hydrogen-bond acceptors (Lipinski definition) is 2. The molecule has 2 heteroatoms. The van der Waals surface area contributed by atoms with Gasteiger partial charge in [-0.1, -0.05) is 20.3 Å². The Morgan fingerprint density at radius 2 is 1.83 bits per heavy atom. The molecule has 1 aliphatic carbocycles. The van der Waals surface area contributed by atoms with Crippen molar-refractivity contribution in [1.82, 2.24) is 10.2 Å². The van der Waals surface area contributed by atoms with Gasteiger partial charge in [0.05, 0.1) is 0 Å². The van der Waals surface area contributed by atoms with Gasteiger partial charge in [0.1, 0.15) is 0 Å². The third-order valence-corrected chi connectivity index (χ3v) is 4.59. The normalized spacial score (nSPS) is 26.8. The van der Waals surface area contributed by atoms with Crippen LogP contribution in [0.3, 0.4) is 0 Å². The van der Waals surface area contributed by atoms with E-state index in [4.69, 9.17) is 0 Å². The van der Waals surface area contributed by atoms with E-state index in [9.17, 15) is 0 Å². The van der Waals surface area contributed by atoms with E-state index >= 15 is 0 Å². The molecule has 106 valence electrons. The second-order valence-electron chi connectivity index (χ2n) is 6.90. The number of rotatable bonds is 7. The van der Waals surface area contributed by atoms with Crippen molar-refractivity contribution >= 4 is 0 Å². The van der Waals surface area contributed by atoms with E-state index in [-0.39, 0.29) is 0 Å². The third-order valence-electron chi connectivity index (χ3n) is 4.59. The summed E-state index contributed by atoms with van der Waals surface area (Å²) in [6.45, 7) is 9.67. The molecule has 2 fully saturated rings. The SMILES string of the molecule is CC(C)CCC(C)N(CC1CCCCN1)C1CC1. The van der Waals surface area contributed by atoms with Crippen LogP contribution in [0, 0.1) is 5.92 Å². The second kappa shape index (κ2) is 6.91. The van der Waals surface area contributed by atoms with Gasteiger partial charge in [0.2, 0.25) is 0 Å². The Hall–Kier alpha value is -0.0800. The van der Waals surface area contributed by atoms with Gasteiger partial charge < -0.3 is 5.32 Å². The van der Waals surface area contributed by atoms with Gasteiger partial charge in [0.15, 0.2) is 0 Å². The summed E-state index contributed by atoms with van der Waals surface area (Å²) in [6, 6.07) is 2.46. The van der Waals surface area contributed by atoms with Crippen molar-refractivity contribution < 1.29 is 0 Å². The van der Waals surface area contributed by atoms with Gasteiger partial charge in [0.25, 0.3) is 0 Å². The summed E-state index contributed by atoms with van der Waals surface area (Å²) < 4.78 is 0. The van der Waals surface area contributed by atoms with Crippen molar-refractivity contribution in [3.8, 4) is 0 Å². The quantitative estimate of drug-likeness (QED) is 0.747. The highest BCUT2D eigenvalue weighted by Gasteiger charge is 2.33. The number of piperidine rings is 1. The summed E-state index contributed by atoms with van der Waals surface area (Å²) in [7, 11) is 0. The maximum atomic E-state index is 3.71. The van der Waals surface area contributed by atoms with E-state index in [1.165, 1.54) is 58.0 Å². The third kappa shape index (κ3) is 4.55. The Labute approximate surface area is 114 Å². The van der Waals surface area contributed by atoms with Crippen LogP contribution < -0.4 is 5.32 Å². The lowest BCUT2D eigenvalue weighted by atomic mass is 10.0. The van der Waals surface area contributed by atoms with E-state index in [0.717, 1.165) is 24.0 Å². The lowest BCUT2D eigenvalue weighted by Crippen LogP contribution is -2.47. The Kier molecular flexibility index (Phi) is 5.50. The van der Waals surface area contributed by atoms with Gasteiger partial charge in [-0.2, -0.15) is 0 Å². The molecule has 1 aliphatic heterocycles. The lowest BCUT2D eigenvalue weighted by molar-refractivity contribution is 0.154. The summed E-state index contributed by atoms with van der Waals surface area (Å²) in [5.74, 6) is 0.848. The zero-order valence-corrected chi connectivity index (χ0v) is 12.6. The molecule has 1 saturated heterocycles. The fourth-order valence-electron chi connectivity index (χ4n) is 3.17. The second-order valence-corrected chi connectivity index (χ2v) is 6.90. The summed E-state index contributed by atoms with van der Waals surface area (Å²) in [5, 5.41) is 3.71. The zero-order valence-electron chi connectivity index (χ0n) is 12.6. The van der Waals surface area contributed by atoms with E-state index < -0.39 is 0 Å². The topological polar surface area (TPSA) is 15.3 Å². The minimum Gasteiger partial charge on any atom is -0.313 e. The monoisotopic (exact) mass is 252 g/mol. The first-order valence-corrected chi connectivity index (χ1v) is 8.16. The molecule has 2 aliphatic rings. The molecule has 0 aromatic carbocycles. The Bertz CT molecular complexity index is 229. The molecule has 2 unspecified atom stereocenters. The smallest absolute Gasteiger partial charge is 0.0195 e. The maximum absolute atomic E-state index is 3.71. The van der Waals surface area contributed by atoms with Crippen LogP contribution in [0.1, 0.15) is 65.7 Å². The first-order valence-electron chi connectivity index (χ1n) is 8.16. The summed E-state index contributed by atoms with van der Waals surface area (Å²) in [6.07, 6.45) is 9.83. The molecule has 18 heavy (non-hydrogen) atoms. The van der Waals surface area contributed by atoms with Crippen molar-refractivity contribution in [1.29, 1.82) is 0 Å². The van der Waals surface area contributed by atoms with Crippen LogP contribution in [-0.4, -0.2) is 36.1 Å². The lowest BCUT2D eigenvalue weighted by Gasteiger charge is -2.35. The van der Waals surface area contributed by atoms with Gasteiger partial charge in [0, 0.05) is 24.7 Å². The predicted octanol–water partition coefficient (Wildman–Crippen LogP) is 3.42. The standard InChI is InChI=1S/C16H32N2/c1-13(2)7-8-14(3)18(16-9-10-16)12-15-6-4-5-11-17-15/h13-17H,4-12H2,1-3H3. The summed E-state index contributed by atoms with van der Waals surface area (Å²) in [5.41, 5.74) is 0. The summed E-state index contributed by atoms with van der Waals surface area (Å²) >= 11 is 0. The van der Waals surface area contributed by atoms with Gasteiger partial charge in [-0.3, -0.25) is 4.90 Å². The molecule has 0 radical (unpaired) electrons. The number of nitrogens with zero attached hydrogens (tertiary/aromatic N) is 1. The Morgan fingerprint density at radius 1 is 1.06 bits per heavy atom. The van der Waals surface area contributed by atoms with Gasteiger partial charge >= 0.3 is 0 Å². The van der Waals surface area contributed by atoms with Crippen LogP contribution in [0.5, 0.6) is 0 Å². The molecule has 1 heterocycles. The highest BCUT2D eigenvalue weighted by Crippen LogP contribution is 2.30. The summed E-state index contributed by atoms with van der Waals surface area (Å²) in [4.78, 5) is 2.81. The van der Waals surface area contributed by atoms with Crippen molar-refractivity contribution in [3.63, 3.8) is 0 Å². The molecule has 2 rings (SSSR count). The Balaban J connectivity index is 1.78. The van der Waals surface area contributed by atoms with Crippen LogP contribution in [0.15, 0.2) is 0 Å². The van der Waals surface area contributed by atoms with Crippen LogP contribution in [0.2, 0.25) is 0 Å². The fraction of sp³-hybridized carbons (Fsp3) is 1.00. The van der Waals surface area contributed by atoms with Crippen molar-refractivity contribution in [2.24, 2.45) is 5.92 Å². The molecule has 0 spiro atoms. The molecule has 2 atom stereocenters. The zero-order chi connectivity index (χ0) is 13.0. The average Bonchev–Trinajstić information content (AvgIpc) is 3.18. The predicted molar refractivity (Wildman–Crippen MR) is 78.9 cm³/mol. The molecule has 0 aromatic heterocycles. The largest absolute Gasteiger partial charge is 0.313 e. The van der Waals surface area contributed by atoms with Gasteiger partial charge in [-0.25, -0.2) is 0 Å². The van der Waals surface area contributed by atoms with Gasteiger partial charge in [-0.05, 0) is 57.9 Å².